The van der Waals surface area contributed by atoms with Crippen molar-refractivity contribution in [2.75, 3.05) is 5.32 Å². The van der Waals surface area contributed by atoms with E-state index >= 15 is 0 Å². The minimum absolute atomic E-state index is 0.00637. The van der Waals surface area contributed by atoms with Crippen molar-refractivity contribution in [2.45, 2.75) is 45.6 Å². The first-order valence-electron chi connectivity index (χ1n) is 8.95. The third kappa shape index (κ3) is 4.19. The summed E-state index contributed by atoms with van der Waals surface area (Å²) < 4.78 is 5.64. The number of rotatable bonds is 5. The van der Waals surface area contributed by atoms with E-state index in [9.17, 15) is 19.5 Å². The van der Waals surface area contributed by atoms with Crippen molar-refractivity contribution >= 4 is 17.6 Å². The van der Waals surface area contributed by atoms with Gasteiger partial charge in [-0.25, -0.2) is 4.79 Å². The van der Waals surface area contributed by atoms with Gasteiger partial charge < -0.3 is 20.1 Å². The van der Waals surface area contributed by atoms with Crippen molar-refractivity contribution in [1.29, 1.82) is 0 Å². The Bertz CT molecular complexity index is 946. The Hall–Kier alpha value is -3.09. The number of aryl methyl sites for hydroxylation is 2. The van der Waals surface area contributed by atoms with Crippen LogP contribution in [0.25, 0.3) is 0 Å². The van der Waals surface area contributed by atoms with Crippen LogP contribution in [0.3, 0.4) is 0 Å². The molecule has 142 valence electrons. The smallest absolute Gasteiger partial charge is 0.335 e. The highest BCUT2D eigenvalue weighted by atomic mass is 16.5. The zero-order valence-corrected chi connectivity index (χ0v) is 15.3. The number of pyridine rings is 1. The van der Waals surface area contributed by atoms with Crippen LogP contribution in [0, 0.1) is 0 Å². The van der Waals surface area contributed by atoms with Crippen molar-refractivity contribution in [1.82, 2.24) is 4.98 Å². The molecular weight excluding hydrogens is 348 g/mol. The lowest BCUT2D eigenvalue weighted by Crippen LogP contribution is -2.26. The number of hydrogen-bond acceptors (Lipinski definition) is 4. The van der Waals surface area contributed by atoms with Gasteiger partial charge in [0.15, 0.2) is 0 Å². The van der Waals surface area contributed by atoms with Gasteiger partial charge in [-0.3, -0.25) is 9.59 Å². The number of aromatic carboxylic acids is 1. The molecule has 0 unspecified atom stereocenters. The van der Waals surface area contributed by atoms with Gasteiger partial charge in [0, 0.05) is 5.69 Å². The SMILES string of the molecule is CC(C)Oc1ccc(C(=O)O)cc1NC(=O)c1cc2c([nH]c1=O)CCCC2. The molecule has 27 heavy (non-hydrogen) atoms. The number of hydrogen-bond donors (Lipinski definition) is 3. The number of carboxylic acid groups (broad SMARTS) is 1. The summed E-state index contributed by atoms with van der Waals surface area (Å²) in [6.45, 7) is 3.65. The third-order valence-corrected chi connectivity index (χ3v) is 4.42. The van der Waals surface area contributed by atoms with Crippen LogP contribution in [0.2, 0.25) is 0 Å². The molecule has 3 rings (SSSR count). The molecule has 0 radical (unpaired) electrons. The highest BCUT2D eigenvalue weighted by Gasteiger charge is 2.19. The number of benzene rings is 1. The van der Waals surface area contributed by atoms with Crippen LogP contribution < -0.4 is 15.6 Å². The predicted octanol–water partition coefficient (Wildman–Crippen LogP) is 2.99. The van der Waals surface area contributed by atoms with Gasteiger partial charge in [-0.1, -0.05) is 0 Å². The second-order valence-corrected chi connectivity index (χ2v) is 6.86. The van der Waals surface area contributed by atoms with Crippen LogP contribution >= 0.6 is 0 Å². The quantitative estimate of drug-likeness (QED) is 0.750. The first-order chi connectivity index (χ1) is 12.8. The second kappa shape index (κ2) is 7.65. The number of amides is 1. The minimum atomic E-state index is -1.12. The van der Waals surface area contributed by atoms with E-state index < -0.39 is 17.4 Å². The first-order valence-corrected chi connectivity index (χ1v) is 8.95. The second-order valence-electron chi connectivity index (χ2n) is 6.86. The Kier molecular flexibility index (Phi) is 5.30. The van der Waals surface area contributed by atoms with E-state index in [4.69, 9.17) is 4.74 Å². The van der Waals surface area contributed by atoms with E-state index in [0.29, 0.717) is 5.75 Å². The van der Waals surface area contributed by atoms with Crippen LogP contribution in [0.5, 0.6) is 5.75 Å². The van der Waals surface area contributed by atoms with Gasteiger partial charge in [-0.15, -0.1) is 0 Å². The molecule has 3 N–H and O–H groups in total. The lowest BCUT2D eigenvalue weighted by Gasteiger charge is -2.17. The number of H-pyrrole nitrogens is 1. The Morgan fingerprint density at radius 3 is 2.63 bits per heavy atom. The van der Waals surface area contributed by atoms with E-state index in [1.54, 1.807) is 6.07 Å². The molecule has 1 aliphatic carbocycles. The largest absolute Gasteiger partial charge is 0.489 e. The molecule has 0 atom stereocenters. The van der Waals surface area contributed by atoms with E-state index in [1.165, 1.54) is 18.2 Å². The summed E-state index contributed by atoms with van der Waals surface area (Å²) in [6, 6.07) is 5.86. The van der Waals surface area contributed by atoms with E-state index in [-0.39, 0.29) is 22.9 Å². The molecule has 0 bridgehead atoms. The summed E-state index contributed by atoms with van der Waals surface area (Å²) >= 11 is 0. The molecule has 0 fully saturated rings. The van der Waals surface area contributed by atoms with Crippen molar-refractivity contribution in [3.05, 3.63) is 57.0 Å². The van der Waals surface area contributed by atoms with Crippen LogP contribution in [-0.2, 0) is 12.8 Å². The number of carboxylic acids is 1. The maximum Gasteiger partial charge on any atom is 0.335 e. The molecule has 1 heterocycles. The van der Waals surface area contributed by atoms with Crippen LogP contribution in [-0.4, -0.2) is 28.1 Å². The standard InChI is InChI=1S/C20H22N2O5/c1-11(2)27-17-8-7-13(20(25)26)10-16(17)22-19(24)14-9-12-5-3-4-6-15(12)21-18(14)23/h7-11H,3-6H2,1-2H3,(H,21,23)(H,22,24)(H,25,26). The molecule has 1 aliphatic rings. The number of ether oxygens (including phenoxy) is 1. The fourth-order valence-corrected chi connectivity index (χ4v) is 3.15. The zero-order valence-electron chi connectivity index (χ0n) is 15.3. The van der Waals surface area contributed by atoms with Crippen molar-refractivity contribution in [3.8, 4) is 5.75 Å². The number of fused-ring (bicyclic) bond motifs is 1. The van der Waals surface area contributed by atoms with E-state index in [1.807, 2.05) is 13.8 Å². The lowest BCUT2D eigenvalue weighted by molar-refractivity contribution is 0.0696. The topological polar surface area (TPSA) is 108 Å². The van der Waals surface area contributed by atoms with Crippen molar-refractivity contribution < 1.29 is 19.4 Å². The normalized spacial score (nSPS) is 13.1. The predicted molar refractivity (Wildman–Crippen MR) is 101 cm³/mol. The Morgan fingerprint density at radius 2 is 1.93 bits per heavy atom. The molecular formula is C20H22N2O5. The molecule has 2 aromatic rings. The number of aromatic nitrogens is 1. The number of nitrogens with one attached hydrogen (secondary N) is 2. The Morgan fingerprint density at radius 1 is 1.19 bits per heavy atom. The van der Waals surface area contributed by atoms with E-state index in [0.717, 1.165) is 36.9 Å². The fourth-order valence-electron chi connectivity index (χ4n) is 3.15. The fraction of sp³-hybridized carbons (Fsp3) is 0.350. The molecule has 0 saturated heterocycles. The molecule has 0 saturated carbocycles. The minimum Gasteiger partial charge on any atom is -0.489 e. The highest BCUT2D eigenvalue weighted by molar-refractivity contribution is 6.05. The third-order valence-electron chi connectivity index (χ3n) is 4.42. The first kappa shape index (κ1) is 18.7. The molecule has 1 aromatic heterocycles. The summed E-state index contributed by atoms with van der Waals surface area (Å²) in [5.74, 6) is -1.37. The number of anilines is 1. The molecule has 0 spiro atoms. The van der Waals surface area contributed by atoms with Gasteiger partial charge in [-0.2, -0.15) is 0 Å². The Balaban J connectivity index is 1.94. The van der Waals surface area contributed by atoms with Gasteiger partial charge in [0.1, 0.15) is 11.3 Å². The molecule has 1 amide bonds. The number of carbonyl (C=O) groups is 2. The summed E-state index contributed by atoms with van der Waals surface area (Å²) in [7, 11) is 0. The van der Waals surface area contributed by atoms with Gasteiger partial charge in [0.2, 0.25) is 0 Å². The maximum atomic E-state index is 12.7. The monoisotopic (exact) mass is 370 g/mol. The van der Waals surface area contributed by atoms with Gasteiger partial charge in [0.25, 0.3) is 11.5 Å². The molecule has 7 nitrogen and oxygen atoms in total. The summed E-state index contributed by atoms with van der Waals surface area (Å²) in [4.78, 5) is 39.1. The van der Waals surface area contributed by atoms with Crippen LogP contribution in [0.15, 0.2) is 29.1 Å². The van der Waals surface area contributed by atoms with Gasteiger partial charge in [-0.05, 0) is 69.4 Å². The lowest BCUT2D eigenvalue weighted by atomic mass is 9.95. The van der Waals surface area contributed by atoms with Crippen LogP contribution in [0.1, 0.15) is 58.7 Å². The summed E-state index contributed by atoms with van der Waals surface area (Å²) in [6.07, 6.45) is 3.50. The molecule has 1 aromatic carbocycles. The summed E-state index contributed by atoms with van der Waals surface area (Å²) in [5.41, 5.74) is 1.65. The van der Waals surface area contributed by atoms with Gasteiger partial charge >= 0.3 is 5.97 Å². The molecule has 7 heteroatoms. The zero-order chi connectivity index (χ0) is 19.6. The number of aromatic amines is 1. The number of carbonyl (C=O) groups excluding carboxylic acids is 1. The summed E-state index contributed by atoms with van der Waals surface area (Å²) in [5, 5.41) is 11.8. The van der Waals surface area contributed by atoms with Crippen molar-refractivity contribution in [3.63, 3.8) is 0 Å². The van der Waals surface area contributed by atoms with Crippen LogP contribution in [0.4, 0.5) is 5.69 Å². The van der Waals surface area contributed by atoms with E-state index in [2.05, 4.69) is 10.3 Å². The van der Waals surface area contributed by atoms with Gasteiger partial charge in [0.05, 0.1) is 17.4 Å². The maximum absolute atomic E-state index is 12.7. The average Bonchev–Trinajstić information content (AvgIpc) is 2.61. The Labute approximate surface area is 156 Å². The average molecular weight is 370 g/mol. The van der Waals surface area contributed by atoms with Crippen molar-refractivity contribution in [2.24, 2.45) is 0 Å². The molecule has 0 aliphatic heterocycles. The highest BCUT2D eigenvalue weighted by Crippen LogP contribution is 2.28.